The molecule has 0 spiro atoms. The minimum Gasteiger partial charge on any atom is -0.497 e. The zero-order valence-corrected chi connectivity index (χ0v) is 16.6. The number of ether oxygens (including phenoxy) is 1. The Balaban J connectivity index is 0.000000646. The molecule has 27 heavy (non-hydrogen) atoms. The maximum atomic E-state index is 9.19. The average Bonchev–Trinajstić information content (AvgIpc) is 2.99. The van der Waals surface area contributed by atoms with E-state index in [1.165, 1.54) is 6.42 Å². The first-order valence-corrected chi connectivity index (χ1v) is 10.3. The summed E-state index contributed by atoms with van der Waals surface area (Å²) in [5.41, 5.74) is 10.5. The van der Waals surface area contributed by atoms with Gasteiger partial charge in [-0.1, -0.05) is 19.8 Å². The number of methoxy groups -OCH3 is 1. The van der Waals surface area contributed by atoms with Crippen LogP contribution in [0.5, 0.6) is 5.75 Å². The summed E-state index contributed by atoms with van der Waals surface area (Å²) in [7, 11) is -2.02. The number of hydrogen-bond donors (Lipinski definition) is 4. The van der Waals surface area contributed by atoms with Crippen molar-refractivity contribution >= 4 is 33.2 Å². The molecule has 0 aliphatic carbocycles. The molecule has 0 radical (unpaired) electrons. The fourth-order valence-corrected chi connectivity index (χ4v) is 2.12. The normalized spacial score (nSPS) is 12.1. The second-order valence-corrected chi connectivity index (χ2v) is 7.20. The molecule has 2 aromatic rings. The average molecular weight is 398 g/mol. The summed E-state index contributed by atoms with van der Waals surface area (Å²) in [6.07, 6.45) is 7.71. The second-order valence-electron chi connectivity index (χ2n) is 5.73. The quantitative estimate of drug-likeness (QED) is 0.185. The summed E-state index contributed by atoms with van der Waals surface area (Å²) >= 11 is 0. The molecule has 1 aromatic carbocycles. The molecular weight excluding hydrogens is 370 g/mol. The standard InChI is InChI=1S/C16H23N5O.CH4O3S/c1-3-4-5-8-18-16(17)21-20-11-12-10-19-15-7-6-13(22-2)9-14(12)15;1-5(2,3)4/h6-7,9-11,19H,3-5,8H2,1-2H3,(H3,17,18,21);1H3,(H,2,3,4)/b20-11-;. The van der Waals surface area contributed by atoms with Crippen LogP contribution >= 0.6 is 0 Å². The molecule has 0 atom stereocenters. The van der Waals surface area contributed by atoms with Crippen LogP contribution in [0.15, 0.2) is 34.5 Å². The van der Waals surface area contributed by atoms with Gasteiger partial charge in [0, 0.05) is 29.2 Å². The molecule has 0 fully saturated rings. The number of aliphatic imine (C=N–C) groups is 1. The molecule has 5 N–H and O–H groups in total. The summed E-state index contributed by atoms with van der Waals surface area (Å²) in [4.78, 5) is 7.40. The first kappa shape index (κ1) is 22.5. The largest absolute Gasteiger partial charge is 0.497 e. The van der Waals surface area contributed by atoms with Gasteiger partial charge in [-0.2, -0.15) is 13.5 Å². The summed E-state index contributed by atoms with van der Waals surface area (Å²) in [5, 5.41) is 5.17. The van der Waals surface area contributed by atoms with E-state index in [0.29, 0.717) is 12.2 Å². The number of nitrogens with zero attached hydrogens (tertiary/aromatic N) is 2. The Morgan fingerprint density at radius 3 is 2.74 bits per heavy atom. The minimum absolute atomic E-state index is 0.338. The molecule has 10 heteroatoms. The number of H-pyrrole nitrogens is 1. The lowest BCUT2D eigenvalue weighted by Crippen LogP contribution is -2.27. The summed E-state index contributed by atoms with van der Waals surface area (Å²) < 4.78 is 31.1. The van der Waals surface area contributed by atoms with E-state index in [1.54, 1.807) is 13.3 Å². The van der Waals surface area contributed by atoms with Crippen LogP contribution < -0.4 is 15.9 Å². The van der Waals surface area contributed by atoms with Crippen molar-refractivity contribution in [1.29, 1.82) is 0 Å². The first-order chi connectivity index (χ1) is 12.7. The number of guanidine groups is 1. The van der Waals surface area contributed by atoms with Crippen molar-refractivity contribution in [1.82, 2.24) is 10.4 Å². The number of unbranched alkanes of at least 4 members (excludes halogenated alkanes) is 2. The van der Waals surface area contributed by atoms with Gasteiger partial charge in [-0.3, -0.25) is 9.55 Å². The summed E-state index contributed by atoms with van der Waals surface area (Å²) in [6.45, 7) is 2.89. The Labute approximate surface area is 159 Å². The second kappa shape index (κ2) is 11.2. The van der Waals surface area contributed by atoms with Crippen molar-refractivity contribution in [2.75, 3.05) is 19.9 Å². The Hall–Kier alpha value is -2.59. The molecule has 0 saturated carbocycles. The highest BCUT2D eigenvalue weighted by Crippen LogP contribution is 2.22. The number of hydrogen-bond acceptors (Lipinski definition) is 5. The van der Waals surface area contributed by atoms with E-state index in [1.807, 2.05) is 24.4 Å². The van der Waals surface area contributed by atoms with Crippen LogP contribution in [0.25, 0.3) is 10.9 Å². The van der Waals surface area contributed by atoms with Crippen molar-refractivity contribution in [3.8, 4) is 5.75 Å². The van der Waals surface area contributed by atoms with Crippen LogP contribution in [0.4, 0.5) is 0 Å². The minimum atomic E-state index is -3.67. The van der Waals surface area contributed by atoms with Gasteiger partial charge in [0.15, 0.2) is 0 Å². The van der Waals surface area contributed by atoms with Gasteiger partial charge >= 0.3 is 0 Å². The maximum Gasteiger partial charge on any atom is 0.261 e. The lowest BCUT2D eigenvalue weighted by atomic mass is 10.2. The van der Waals surface area contributed by atoms with Gasteiger partial charge in [0.05, 0.1) is 19.6 Å². The number of rotatable bonds is 7. The predicted molar refractivity (Wildman–Crippen MR) is 109 cm³/mol. The zero-order chi connectivity index (χ0) is 20.3. The number of nitrogens with two attached hydrogens (primary N) is 1. The smallest absolute Gasteiger partial charge is 0.261 e. The van der Waals surface area contributed by atoms with Crippen LogP contribution in [0.3, 0.4) is 0 Å². The van der Waals surface area contributed by atoms with E-state index in [9.17, 15) is 8.42 Å². The Kier molecular flexibility index (Phi) is 9.31. The molecule has 0 aliphatic rings. The third-order valence-corrected chi connectivity index (χ3v) is 3.35. The van der Waals surface area contributed by atoms with E-state index in [4.69, 9.17) is 15.0 Å². The topological polar surface area (TPSA) is 142 Å². The monoisotopic (exact) mass is 397 g/mol. The Morgan fingerprint density at radius 2 is 2.11 bits per heavy atom. The van der Waals surface area contributed by atoms with Crippen molar-refractivity contribution < 1.29 is 17.7 Å². The highest BCUT2D eigenvalue weighted by atomic mass is 32.2. The van der Waals surface area contributed by atoms with Gasteiger partial charge in [-0.15, -0.1) is 0 Å². The molecule has 2 rings (SSSR count). The molecule has 0 saturated heterocycles. The maximum absolute atomic E-state index is 9.19. The number of benzene rings is 1. The van der Waals surface area contributed by atoms with Gasteiger partial charge in [-0.05, 0) is 24.6 Å². The number of aromatic nitrogens is 1. The van der Waals surface area contributed by atoms with Gasteiger partial charge in [0.25, 0.3) is 10.1 Å². The number of hydrazone groups is 1. The van der Waals surface area contributed by atoms with Crippen LogP contribution in [0.1, 0.15) is 31.7 Å². The highest BCUT2D eigenvalue weighted by molar-refractivity contribution is 7.85. The third kappa shape index (κ3) is 9.61. The van der Waals surface area contributed by atoms with E-state index < -0.39 is 10.1 Å². The van der Waals surface area contributed by atoms with Gasteiger partial charge < -0.3 is 15.5 Å². The lowest BCUT2D eigenvalue weighted by Gasteiger charge is -2.00. The molecule has 0 unspecified atom stereocenters. The Morgan fingerprint density at radius 1 is 1.41 bits per heavy atom. The number of nitrogens with one attached hydrogen (secondary N) is 2. The SMILES string of the molecule is CCCCCN=C(N)N/N=C\c1c[nH]c2ccc(OC)cc12.CS(=O)(=O)O. The van der Waals surface area contributed by atoms with E-state index in [-0.39, 0.29) is 0 Å². The molecule has 0 aliphatic heterocycles. The molecule has 150 valence electrons. The first-order valence-electron chi connectivity index (χ1n) is 8.41. The predicted octanol–water partition coefficient (Wildman–Crippen LogP) is 2.11. The van der Waals surface area contributed by atoms with Crippen molar-refractivity contribution in [2.24, 2.45) is 15.8 Å². The van der Waals surface area contributed by atoms with Gasteiger partial charge in [-0.25, -0.2) is 5.43 Å². The van der Waals surface area contributed by atoms with Crippen molar-refractivity contribution in [3.63, 3.8) is 0 Å². The van der Waals surface area contributed by atoms with Crippen molar-refractivity contribution in [3.05, 3.63) is 30.0 Å². The molecule has 0 bridgehead atoms. The number of aromatic amines is 1. The van der Waals surface area contributed by atoms with Crippen LogP contribution in [-0.4, -0.2) is 50.0 Å². The highest BCUT2D eigenvalue weighted by Gasteiger charge is 2.03. The van der Waals surface area contributed by atoms with Crippen LogP contribution in [-0.2, 0) is 10.1 Å². The molecular formula is C17H27N5O4S. The van der Waals surface area contributed by atoms with Gasteiger partial charge in [0.2, 0.25) is 5.96 Å². The van der Waals surface area contributed by atoms with Crippen molar-refractivity contribution in [2.45, 2.75) is 26.2 Å². The summed E-state index contributed by atoms with van der Waals surface area (Å²) in [6, 6.07) is 5.86. The zero-order valence-electron chi connectivity index (χ0n) is 15.8. The van der Waals surface area contributed by atoms with Gasteiger partial charge in [0.1, 0.15) is 5.75 Å². The molecule has 0 amide bonds. The van der Waals surface area contributed by atoms with E-state index in [0.717, 1.165) is 41.6 Å². The fourth-order valence-electron chi connectivity index (χ4n) is 2.12. The van der Waals surface area contributed by atoms with E-state index in [2.05, 4.69) is 27.4 Å². The van der Waals surface area contributed by atoms with Crippen LogP contribution in [0.2, 0.25) is 0 Å². The molecule has 1 heterocycles. The third-order valence-electron chi connectivity index (χ3n) is 3.35. The van der Waals surface area contributed by atoms with E-state index >= 15 is 0 Å². The molecule has 9 nitrogen and oxygen atoms in total. The Bertz CT molecular complexity index is 867. The van der Waals surface area contributed by atoms with Crippen LogP contribution in [0, 0.1) is 0 Å². The fraction of sp³-hybridized carbons (Fsp3) is 0.412. The summed E-state index contributed by atoms with van der Waals surface area (Å²) in [5.74, 6) is 1.15. The lowest BCUT2D eigenvalue weighted by molar-refractivity contribution is 0.415. The molecule has 1 aromatic heterocycles. The number of fused-ring (bicyclic) bond motifs is 1.